The van der Waals surface area contributed by atoms with Crippen molar-refractivity contribution in [3.63, 3.8) is 0 Å². The molecule has 0 spiro atoms. The van der Waals surface area contributed by atoms with Crippen LogP contribution in [-0.4, -0.2) is 62.7 Å². The Bertz CT molecular complexity index is 416. The summed E-state index contributed by atoms with van der Waals surface area (Å²) < 4.78 is 5.92. The minimum Gasteiger partial charge on any atom is -0.492 e. The second-order valence-corrected chi connectivity index (χ2v) is 5.85. The fourth-order valence-electron chi connectivity index (χ4n) is 2.66. The number of ether oxygens (including phenoxy) is 1. The summed E-state index contributed by atoms with van der Waals surface area (Å²) in [6, 6.07) is 8.80. The van der Waals surface area contributed by atoms with Gasteiger partial charge in [0.1, 0.15) is 12.4 Å². The maximum absolute atomic E-state index is 5.92. The van der Waals surface area contributed by atoms with Crippen molar-refractivity contribution in [2.45, 2.75) is 19.9 Å². The molecule has 21 heavy (non-hydrogen) atoms. The van der Waals surface area contributed by atoms with Gasteiger partial charge in [-0.3, -0.25) is 4.90 Å². The Kier molecular flexibility index (Phi) is 6.49. The molecule has 1 aliphatic rings. The Labute approximate surface area is 129 Å². The van der Waals surface area contributed by atoms with Gasteiger partial charge in [-0.25, -0.2) is 0 Å². The molecule has 0 radical (unpaired) electrons. The van der Waals surface area contributed by atoms with E-state index in [0.29, 0.717) is 6.04 Å². The molecule has 1 aromatic carbocycles. The summed E-state index contributed by atoms with van der Waals surface area (Å²) in [4.78, 5) is 4.86. The van der Waals surface area contributed by atoms with Gasteiger partial charge in [-0.1, -0.05) is 19.1 Å². The normalized spacial score (nSPS) is 18.6. The third-order valence-corrected chi connectivity index (χ3v) is 4.14. The van der Waals surface area contributed by atoms with E-state index in [1.807, 2.05) is 6.07 Å². The van der Waals surface area contributed by atoms with E-state index >= 15 is 0 Å². The highest BCUT2D eigenvalue weighted by Gasteiger charge is 2.13. The van der Waals surface area contributed by atoms with Gasteiger partial charge in [0.15, 0.2) is 0 Å². The second-order valence-electron chi connectivity index (χ2n) is 5.85. The fraction of sp³-hybridized carbons (Fsp3) is 0.647. The average Bonchev–Trinajstić information content (AvgIpc) is 2.50. The number of nitrogens with zero attached hydrogens (tertiary/aromatic N) is 2. The van der Waals surface area contributed by atoms with Gasteiger partial charge in [0.25, 0.3) is 0 Å². The first kappa shape index (κ1) is 16.3. The molecule has 1 heterocycles. The van der Waals surface area contributed by atoms with Crippen molar-refractivity contribution in [1.29, 1.82) is 0 Å². The maximum atomic E-state index is 5.92. The summed E-state index contributed by atoms with van der Waals surface area (Å²) in [6.07, 6.45) is 0. The molecule has 4 heteroatoms. The zero-order chi connectivity index (χ0) is 15.1. The van der Waals surface area contributed by atoms with Crippen molar-refractivity contribution in [3.8, 4) is 5.75 Å². The zero-order valence-corrected chi connectivity index (χ0v) is 13.6. The van der Waals surface area contributed by atoms with Gasteiger partial charge < -0.3 is 15.0 Å². The lowest BCUT2D eigenvalue weighted by molar-refractivity contribution is 0.133. The van der Waals surface area contributed by atoms with Crippen molar-refractivity contribution < 1.29 is 4.74 Å². The van der Waals surface area contributed by atoms with Crippen LogP contribution in [-0.2, 0) is 0 Å². The summed E-state index contributed by atoms with van der Waals surface area (Å²) in [5, 5.41) is 3.43. The average molecular weight is 291 g/mol. The predicted molar refractivity (Wildman–Crippen MR) is 88.0 cm³/mol. The lowest BCUT2D eigenvalue weighted by Gasteiger charge is -2.32. The van der Waals surface area contributed by atoms with Crippen molar-refractivity contribution in [3.05, 3.63) is 29.8 Å². The highest BCUT2D eigenvalue weighted by molar-refractivity contribution is 5.30. The Morgan fingerprint density at radius 3 is 2.71 bits per heavy atom. The summed E-state index contributed by atoms with van der Waals surface area (Å²) in [6.45, 7) is 11.7. The van der Waals surface area contributed by atoms with Crippen LogP contribution in [0, 0.1) is 0 Å². The molecule has 2 rings (SSSR count). The zero-order valence-electron chi connectivity index (χ0n) is 13.6. The van der Waals surface area contributed by atoms with E-state index in [1.54, 1.807) is 0 Å². The second kappa shape index (κ2) is 8.37. The van der Waals surface area contributed by atoms with Crippen molar-refractivity contribution in [2.24, 2.45) is 0 Å². The number of hydrogen-bond donors (Lipinski definition) is 1. The minimum absolute atomic E-state index is 0.371. The Hall–Kier alpha value is -1.10. The SMILES string of the molecule is CCNC(C)c1cccc(OCCN2CCN(C)CC2)c1. The van der Waals surface area contributed by atoms with Crippen molar-refractivity contribution in [1.82, 2.24) is 15.1 Å². The van der Waals surface area contributed by atoms with Gasteiger partial charge in [0.2, 0.25) is 0 Å². The van der Waals surface area contributed by atoms with E-state index in [9.17, 15) is 0 Å². The van der Waals surface area contributed by atoms with E-state index in [0.717, 1.165) is 51.6 Å². The molecule has 1 N–H and O–H groups in total. The van der Waals surface area contributed by atoms with Crippen LogP contribution < -0.4 is 10.1 Å². The highest BCUT2D eigenvalue weighted by Crippen LogP contribution is 2.19. The maximum Gasteiger partial charge on any atom is 0.119 e. The van der Waals surface area contributed by atoms with Crippen LogP contribution in [0.25, 0.3) is 0 Å². The third-order valence-electron chi connectivity index (χ3n) is 4.14. The van der Waals surface area contributed by atoms with E-state index in [4.69, 9.17) is 4.74 Å². The van der Waals surface area contributed by atoms with Crippen LogP contribution in [0.4, 0.5) is 0 Å². The first-order valence-corrected chi connectivity index (χ1v) is 8.06. The first-order chi connectivity index (χ1) is 10.2. The van der Waals surface area contributed by atoms with Crippen LogP contribution >= 0.6 is 0 Å². The highest BCUT2D eigenvalue weighted by atomic mass is 16.5. The lowest BCUT2D eigenvalue weighted by Crippen LogP contribution is -2.45. The van der Waals surface area contributed by atoms with Crippen LogP contribution in [0.1, 0.15) is 25.5 Å². The molecule has 118 valence electrons. The van der Waals surface area contributed by atoms with Crippen LogP contribution in [0.3, 0.4) is 0 Å². The molecular weight excluding hydrogens is 262 g/mol. The van der Waals surface area contributed by atoms with E-state index in [-0.39, 0.29) is 0 Å². The van der Waals surface area contributed by atoms with E-state index in [1.165, 1.54) is 5.56 Å². The van der Waals surface area contributed by atoms with Crippen LogP contribution in [0.15, 0.2) is 24.3 Å². The number of benzene rings is 1. The molecule has 1 atom stereocenters. The molecule has 4 nitrogen and oxygen atoms in total. The number of hydrogen-bond acceptors (Lipinski definition) is 4. The summed E-state index contributed by atoms with van der Waals surface area (Å²) in [5.41, 5.74) is 1.29. The summed E-state index contributed by atoms with van der Waals surface area (Å²) in [5.74, 6) is 0.978. The molecule has 0 aliphatic carbocycles. The standard InChI is InChI=1S/C17H29N3O/c1-4-18-15(2)16-6-5-7-17(14-16)21-13-12-20-10-8-19(3)9-11-20/h5-7,14-15,18H,4,8-13H2,1-3H3. The van der Waals surface area contributed by atoms with Crippen molar-refractivity contribution in [2.75, 3.05) is 52.9 Å². The Morgan fingerprint density at radius 1 is 1.24 bits per heavy atom. The molecular formula is C17H29N3O. The number of likely N-dealkylation sites (N-methyl/N-ethyl adjacent to an activating group) is 1. The molecule has 1 aliphatic heterocycles. The van der Waals surface area contributed by atoms with E-state index in [2.05, 4.69) is 54.2 Å². The Balaban J connectivity index is 1.76. The largest absolute Gasteiger partial charge is 0.492 e. The lowest BCUT2D eigenvalue weighted by atomic mass is 10.1. The van der Waals surface area contributed by atoms with Gasteiger partial charge in [-0.05, 0) is 38.2 Å². The van der Waals surface area contributed by atoms with Crippen LogP contribution in [0.5, 0.6) is 5.75 Å². The molecule has 0 aromatic heterocycles. The molecule has 1 fully saturated rings. The summed E-state index contributed by atoms with van der Waals surface area (Å²) in [7, 11) is 2.19. The van der Waals surface area contributed by atoms with E-state index < -0.39 is 0 Å². The molecule has 0 bridgehead atoms. The fourth-order valence-corrected chi connectivity index (χ4v) is 2.66. The summed E-state index contributed by atoms with van der Waals surface area (Å²) >= 11 is 0. The van der Waals surface area contributed by atoms with Gasteiger partial charge in [-0.15, -0.1) is 0 Å². The number of piperazine rings is 1. The quantitative estimate of drug-likeness (QED) is 0.831. The smallest absolute Gasteiger partial charge is 0.119 e. The molecule has 1 aromatic rings. The van der Waals surface area contributed by atoms with Gasteiger partial charge >= 0.3 is 0 Å². The van der Waals surface area contributed by atoms with Crippen LogP contribution in [0.2, 0.25) is 0 Å². The van der Waals surface area contributed by atoms with Gasteiger partial charge in [-0.2, -0.15) is 0 Å². The molecule has 0 amide bonds. The third kappa shape index (κ3) is 5.30. The Morgan fingerprint density at radius 2 is 2.00 bits per heavy atom. The first-order valence-electron chi connectivity index (χ1n) is 8.06. The monoisotopic (exact) mass is 291 g/mol. The minimum atomic E-state index is 0.371. The topological polar surface area (TPSA) is 27.7 Å². The molecule has 1 unspecified atom stereocenters. The number of nitrogens with one attached hydrogen (secondary N) is 1. The van der Waals surface area contributed by atoms with Gasteiger partial charge in [0, 0.05) is 38.8 Å². The van der Waals surface area contributed by atoms with Gasteiger partial charge in [0.05, 0.1) is 0 Å². The number of rotatable bonds is 7. The predicted octanol–water partition coefficient (Wildman–Crippen LogP) is 1.98. The molecule has 1 saturated heterocycles. The van der Waals surface area contributed by atoms with Crippen molar-refractivity contribution >= 4 is 0 Å². The molecule has 0 saturated carbocycles.